The van der Waals surface area contributed by atoms with E-state index in [-0.39, 0.29) is 24.8 Å². The van der Waals surface area contributed by atoms with E-state index in [0.717, 1.165) is 5.56 Å². The summed E-state index contributed by atoms with van der Waals surface area (Å²) in [5.74, 6) is 1.22. The van der Waals surface area contributed by atoms with Crippen molar-refractivity contribution >= 4 is 17.5 Å². The number of carbonyl (C=O) groups excluding carboxylic acids is 2. The van der Waals surface area contributed by atoms with Gasteiger partial charge in [0.1, 0.15) is 0 Å². The molecule has 0 spiro atoms. The quantitative estimate of drug-likeness (QED) is 0.717. The molecule has 0 saturated carbocycles. The highest BCUT2D eigenvalue weighted by Gasteiger charge is 2.16. The second-order valence-electron chi connectivity index (χ2n) is 6.20. The van der Waals surface area contributed by atoms with Crippen LogP contribution >= 0.6 is 0 Å². The van der Waals surface area contributed by atoms with E-state index < -0.39 is 0 Å². The maximum absolute atomic E-state index is 12.4. The van der Waals surface area contributed by atoms with Crippen LogP contribution in [-0.4, -0.2) is 51.6 Å². The van der Waals surface area contributed by atoms with E-state index >= 15 is 0 Å². The van der Waals surface area contributed by atoms with Gasteiger partial charge >= 0.3 is 0 Å². The van der Waals surface area contributed by atoms with Crippen molar-refractivity contribution in [3.8, 4) is 17.2 Å². The monoisotopic (exact) mass is 386 g/mol. The van der Waals surface area contributed by atoms with Gasteiger partial charge in [0, 0.05) is 19.2 Å². The van der Waals surface area contributed by atoms with E-state index in [9.17, 15) is 9.59 Å². The van der Waals surface area contributed by atoms with E-state index in [0.29, 0.717) is 29.4 Å². The zero-order valence-electron chi connectivity index (χ0n) is 16.7. The number of amides is 2. The second-order valence-corrected chi connectivity index (χ2v) is 6.20. The summed E-state index contributed by atoms with van der Waals surface area (Å²) in [6.45, 7) is -0.0109. The Kier molecular flexibility index (Phi) is 7.68. The number of hydrogen-bond donors (Lipinski definition) is 1. The van der Waals surface area contributed by atoms with Gasteiger partial charge in [-0.25, -0.2) is 0 Å². The second kappa shape index (κ2) is 10.2. The smallest absolute Gasteiger partial charge is 0.243 e. The van der Waals surface area contributed by atoms with Crippen LogP contribution < -0.4 is 19.5 Å². The molecule has 7 heteroatoms. The molecule has 0 fully saturated rings. The highest BCUT2D eigenvalue weighted by atomic mass is 16.5. The first kappa shape index (κ1) is 21.1. The molecule has 0 bridgehead atoms. The van der Waals surface area contributed by atoms with Crippen LogP contribution in [0.3, 0.4) is 0 Å². The fourth-order valence-corrected chi connectivity index (χ4v) is 2.75. The van der Waals surface area contributed by atoms with E-state index in [4.69, 9.17) is 14.2 Å². The van der Waals surface area contributed by atoms with Crippen molar-refractivity contribution < 1.29 is 23.8 Å². The van der Waals surface area contributed by atoms with Crippen molar-refractivity contribution in [1.29, 1.82) is 0 Å². The third kappa shape index (κ3) is 5.64. The summed E-state index contributed by atoms with van der Waals surface area (Å²) >= 11 is 0. The van der Waals surface area contributed by atoms with Crippen molar-refractivity contribution in [3.05, 3.63) is 48.0 Å². The number of ether oxygens (including phenoxy) is 3. The number of para-hydroxylation sites is 1. The number of benzene rings is 2. The zero-order valence-corrected chi connectivity index (χ0v) is 16.7. The van der Waals surface area contributed by atoms with E-state index in [1.165, 1.54) is 4.90 Å². The average Bonchev–Trinajstić information content (AvgIpc) is 2.71. The molecule has 150 valence electrons. The van der Waals surface area contributed by atoms with Crippen molar-refractivity contribution in [1.82, 2.24) is 4.90 Å². The van der Waals surface area contributed by atoms with Gasteiger partial charge in [0.2, 0.25) is 17.6 Å². The van der Waals surface area contributed by atoms with Crippen LogP contribution in [0.1, 0.15) is 12.0 Å². The fourth-order valence-electron chi connectivity index (χ4n) is 2.75. The molecule has 2 rings (SSSR count). The molecular weight excluding hydrogens is 360 g/mol. The summed E-state index contributed by atoms with van der Waals surface area (Å²) in [5.41, 5.74) is 1.58. The Labute approximate surface area is 165 Å². The molecule has 7 nitrogen and oxygen atoms in total. The molecule has 0 heterocycles. The molecule has 0 aliphatic heterocycles. The summed E-state index contributed by atoms with van der Waals surface area (Å²) in [6.07, 6.45) is 0.744. The van der Waals surface area contributed by atoms with Crippen LogP contribution in [0.2, 0.25) is 0 Å². The summed E-state index contributed by atoms with van der Waals surface area (Å²) in [6, 6.07) is 12.8. The number of anilines is 1. The minimum absolute atomic E-state index is 0.0109. The van der Waals surface area contributed by atoms with Crippen LogP contribution in [0, 0.1) is 0 Å². The molecule has 2 amide bonds. The molecule has 2 aromatic carbocycles. The Balaban J connectivity index is 1.93. The van der Waals surface area contributed by atoms with E-state index in [2.05, 4.69) is 5.32 Å². The van der Waals surface area contributed by atoms with Gasteiger partial charge in [0.05, 0.1) is 27.9 Å². The highest BCUT2D eigenvalue weighted by Crippen LogP contribution is 2.38. The molecule has 0 atom stereocenters. The van der Waals surface area contributed by atoms with Crippen LogP contribution in [0.5, 0.6) is 17.2 Å². The summed E-state index contributed by atoms with van der Waals surface area (Å²) in [7, 11) is 6.25. The highest BCUT2D eigenvalue weighted by molar-refractivity contribution is 5.94. The van der Waals surface area contributed by atoms with Crippen molar-refractivity contribution in [2.45, 2.75) is 12.8 Å². The molecule has 0 aliphatic carbocycles. The summed E-state index contributed by atoms with van der Waals surface area (Å²) in [4.78, 5) is 25.9. The van der Waals surface area contributed by atoms with Gasteiger partial charge in [-0.2, -0.15) is 0 Å². The number of hydrogen-bond acceptors (Lipinski definition) is 5. The van der Waals surface area contributed by atoms with Crippen LogP contribution in [0.4, 0.5) is 5.69 Å². The summed E-state index contributed by atoms with van der Waals surface area (Å²) in [5, 5.41) is 2.76. The molecule has 0 radical (unpaired) electrons. The van der Waals surface area contributed by atoms with Gasteiger partial charge in [-0.1, -0.05) is 18.2 Å². The zero-order chi connectivity index (χ0) is 20.5. The lowest BCUT2D eigenvalue weighted by Crippen LogP contribution is -2.35. The number of likely N-dealkylation sites (N-methyl/N-ethyl adjacent to an activating group) is 1. The molecule has 2 aromatic rings. The topological polar surface area (TPSA) is 77.1 Å². The van der Waals surface area contributed by atoms with Gasteiger partial charge < -0.3 is 24.4 Å². The minimum atomic E-state index is -0.241. The van der Waals surface area contributed by atoms with Gasteiger partial charge in [0.25, 0.3) is 0 Å². The Morgan fingerprint density at radius 2 is 1.57 bits per heavy atom. The summed E-state index contributed by atoms with van der Waals surface area (Å²) < 4.78 is 16.0. The molecule has 0 aliphatic rings. The number of aryl methyl sites for hydroxylation is 1. The normalized spacial score (nSPS) is 10.1. The number of nitrogens with zero attached hydrogens (tertiary/aromatic N) is 1. The number of carbonyl (C=O) groups is 2. The first-order chi connectivity index (χ1) is 13.5. The van der Waals surface area contributed by atoms with Gasteiger partial charge in [0.15, 0.2) is 11.5 Å². The molecule has 1 N–H and O–H groups in total. The maximum Gasteiger partial charge on any atom is 0.243 e. The largest absolute Gasteiger partial charge is 0.493 e. The molecule has 28 heavy (non-hydrogen) atoms. The first-order valence-corrected chi connectivity index (χ1v) is 8.86. The van der Waals surface area contributed by atoms with Crippen molar-refractivity contribution in [2.24, 2.45) is 0 Å². The number of nitrogens with one attached hydrogen (secondary N) is 1. The van der Waals surface area contributed by atoms with Gasteiger partial charge in [-0.15, -0.1) is 0 Å². The molecule has 0 aromatic heterocycles. The van der Waals surface area contributed by atoms with Crippen LogP contribution in [-0.2, 0) is 16.0 Å². The van der Waals surface area contributed by atoms with Crippen molar-refractivity contribution in [3.63, 3.8) is 0 Å². The average molecular weight is 386 g/mol. The molecule has 0 unspecified atom stereocenters. The predicted molar refractivity (Wildman–Crippen MR) is 107 cm³/mol. The first-order valence-electron chi connectivity index (χ1n) is 8.86. The standard InChI is InChI=1S/C21H26N2O5/c1-23(14-19(24)22-16-8-6-5-7-9-16)20(25)11-10-15-12-17(26-2)21(28-4)18(13-15)27-3/h5-9,12-13H,10-11,14H2,1-4H3,(H,22,24). The Bertz CT molecular complexity index is 783. The van der Waals surface area contributed by atoms with E-state index in [1.807, 2.05) is 30.3 Å². The Morgan fingerprint density at radius 1 is 0.964 bits per heavy atom. The Hall–Kier alpha value is -3.22. The lowest BCUT2D eigenvalue weighted by Gasteiger charge is -2.17. The van der Waals surface area contributed by atoms with E-state index in [1.54, 1.807) is 40.5 Å². The third-order valence-corrected chi connectivity index (χ3v) is 4.22. The predicted octanol–water partition coefficient (Wildman–Crippen LogP) is 2.74. The van der Waals surface area contributed by atoms with Crippen LogP contribution in [0.25, 0.3) is 0 Å². The van der Waals surface area contributed by atoms with Gasteiger partial charge in [-0.05, 0) is 36.2 Å². The number of rotatable bonds is 9. The van der Waals surface area contributed by atoms with Crippen molar-refractivity contribution in [2.75, 3.05) is 40.2 Å². The molecule has 0 saturated heterocycles. The van der Waals surface area contributed by atoms with Crippen LogP contribution in [0.15, 0.2) is 42.5 Å². The lowest BCUT2D eigenvalue weighted by atomic mass is 10.1. The SMILES string of the molecule is COc1cc(CCC(=O)N(C)CC(=O)Nc2ccccc2)cc(OC)c1OC. The van der Waals surface area contributed by atoms with Gasteiger partial charge in [-0.3, -0.25) is 9.59 Å². The lowest BCUT2D eigenvalue weighted by molar-refractivity contribution is -0.133. The molecular formula is C21H26N2O5. The fraction of sp³-hybridized carbons (Fsp3) is 0.333. The Morgan fingerprint density at radius 3 is 2.11 bits per heavy atom. The number of methoxy groups -OCH3 is 3. The minimum Gasteiger partial charge on any atom is -0.493 e. The maximum atomic E-state index is 12.4. The third-order valence-electron chi connectivity index (χ3n) is 4.22.